The van der Waals surface area contributed by atoms with Gasteiger partial charge in [0.05, 0.1) is 17.3 Å². The number of anilines is 1. The van der Waals surface area contributed by atoms with Gasteiger partial charge in [0, 0.05) is 21.3 Å². The second kappa shape index (κ2) is 5.93. The molecule has 3 N–H and O–H groups in total. The van der Waals surface area contributed by atoms with Gasteiger partial charge in [0.15, 0.2) is 0 Å². The van der Waals surface area contributed by atoms with Crippen molar-refractivity contribution in [2.24, 2.45) is 0 Å². The molecule has 8 heteroatoms. The number of nitrogens with two attached hydrogens (primary N) is 1. The van der Waals surface area contributed by atoms with Gasteiger partial charge >= 0.3 is 0 Å². The van der Waals surface area contributed by atoms with Crippen LogP contribution in [0.1, 0.15) is 10.4 Å². The molecule has 0 aliphatic rings. The van der Waals surface area contributed by atoms with E-state index in [1.807, 2.05) is 17.5 Å². The van der Waals surface area contributed by atoms with E-state index in [0.717, 1.165) is 9.35 Å². The Morgan fingerprint density at radius 3 is 2.70 bits per heavy atom. The number of rotatable bonds is 4. The number of hydrogen-bond donors (Lipinski definition) is 2. The summed E-state index contributed by atoms with van der Waals surface area (Å²) < 4.78 is 27.7. The Balaban J connectivity index is 2.20. The van der Waals surface area contributed by atoms with Gasteiger partial charge in [-0.25, -0.2) is 13.1 Å². The molecular formula is C12H10BrN3O2S2. The number of halogens is 1. The molecule has 0 spiro atoms. The second-order valence-corrected chi connectivity index (χ2v) is 7.57. The van der Waals surface area contributed by atoms with E-state index in [-0.39, 0.29) is 17.1 Å². The van der Waals surface area contributed by atoms with Crippen LogP contribution < -0.4 is 10.5 Å². The Morgan fingerprint density at radius 2 is 2.15 bits per heavy atom. The van der Waals surface area contributed by atoms with E-state index in [0.29, 0.717) is 5.56 Å². The summed E-state index contributed by atoms with van der Waals surface area (Å²) in [5.74, 6) is 0. The molecule has 0 aliphatic carbocycles. The first-order valence-electron chi connectivity index (χ1n) is 5.44. The van der Waals surface area contributed by atoms with Gasteiger partial charge in [-0.3, -0.25) is 0 Å². The lowest BCUT2D eigenvalue weighted by Gasteiger charge is -2.08. The molecule has 0 saturated heterocycles. The zero-order valence-corrected chi connectivity index (χ0v) is 13.3. The summed E-state index contributed by atoms with van der Waals surface area (Å²) in [7, 11) is -3.70. The van der Waals surface area contributed by atoms with Crippen LogP contribution in [0.4, 0.5) is 5.69 Å². The first-order valence-corrected chi connectivity index (χ1v) is 8.60. The molecule has 0 radical (unpaired) electrons. The van der Waals surface area contributed by atoms with E-state index in [2.05, 4.69) is 20.7 Å². The van der Waals surface area contributed by atoms with Crippen molar-refractivity contribution in [3.05, 3.63) is 44.6 Å². The second-order valence-electron chi connectivity index (χ2n) is 3.92. The van der Waals surface area contributed by atoms with E-state index >= 15 is 0 Å². The largest absolute Gasteiger partial charge is 0.398 e. The average molecular weight is 372 g/mol. The molecular weight excluding hydrogens is 362 g/mol. The molecule has 5 nitrogen and oxygen atoms in total. The van der Waals surface area contributed by atoms with Crippen molar-refractivity contribution in [3.63, 3.8) is 0 Å². The van der Waals surface area contributed by atoms with Crippen molar-refractivity contribution in [3.8, 4) is 6.07 Å². The maximum Gasteiger partial charge on any atom is 0.242 e. The molecule has 0 atom stereocenters. The highest BCUT2D eigenvalue weighted by Crippen LogP contribution is 2.22. The predicted molar refractivity (Wildman–Crippen MR) is 81.6 cm³/mol. The van der Waals surface area contributed by atoms with Crippen molar-refractivity contribution in [1.82, 2.24) is 4.72 Å². The summed E-state index contributed by atoms with van der Waals surface area (Å²) in [5.41, 5.74) is 6.06. The third kappa shape index (κ3) is 3.37. The maximum absolute atomic E-state index is 12.2. The Morgan fingerprint density at radius 1 is 1.40 bits per heavy atom. The van der Waals surface area contributed by atoms with Crippen LogP contribution >= 0.6 is 27.3 Å². The smallest absolute Gasteiger partial charge is 0.242 e. The molecule has 20 heavy (non-hydrogen) atoms. The fraction of sp³-hybridized carbons (Fsp3) is 0.0833. The van der Waals surface area contributed by atoms with Crippen LogP contribution in [0.2, 0.25) is 0 Å². The summed E-state index contributed by atoms with van der Waals surface area (Å²) >= 11 is 4.76. The van der Waals surface area contributed by atoms with Crippen molar-refractivity contribution < 1.29 is 8.42 Å². The molecule has 0 bridgehead atoms. The van der Waals surface area contributed by atoms with Crippen molar-refractivity contribution in [1.29, 1.82) is 5.26 Å². The number of nitriles is 1. The topological polar surface area (TPSA) is 96.0 Å². The van der Waals surface area contributed by atoms with E-state index in [1.165, 1.54) is 29.5 Å². The summed E-state index contributed by atoms with van der Waals surface area (Å²) in [6.07, 6.45) is 0. The summed E-state index contributed by atoms with van der Waals surface area (Å²) in [5, 5.41) is 10.6. The molecule has 0 fully saturated rings. The first-order chi connectivity index (χ1) is 9.42. The highest BCUT2D eigenvalue weighted by Gasteiger charge is 2.17. The fourth-order valence-corrected chi connectivity index (χ4v) is 4.15. The van der Waals surface area contributed by atoms with Gasteiger partial charge in [-0.1, -0.05) is 0 Å². The number of benzene rings is 1. The highest BCUT2D eigenvalue weighted by atomic mass is 79.9. The third-order valence-corrected chi connectivity index (χ3v) is 5.66. The van der Waals surface area contributed by atoms with Crippen LogP contribution in [-0.4, -0.2) is 8.42 Å². The summed E-state index contributed by atoms with van der Waals surface area (Å²) in [4.78, 5) is 0.861. The predicted octanol–water partition coefficient (Wildman–Crippen LogP) is 2.44. The monoisotopic (exact) mass is 371 g/mol. The number of nitrogens with one attached hydrogen (secondary N) is 1. The lowest BCUT2D eigenvalue weighted by atomic mass is 10.2. The van der Waals surface area contributed by atoms with Gasteiger partial charge in [-0.2, -0.15) is 5.26 Å². The number of nitrogen functional groups attached to an aromatic ring is 1. The summed E-state index contributed by atoms with van der Waals surface area (Å²) in [6, 6.07) is 7.85. The van der Waals surface area contributed by atoms with Crippen molar-refractivity contribution >= 4 is 43.0 Å². The SMILES string of the molecule is N#Cc1ccc(S(=O)(=O)NCc2cc(Br)cs2)c(N)c1. The Labute approximate surface area is 129 Å². The molecule has 1 heterocycles. The van der Waals surface area contributed by atoms with Gasteiger partial charge in [0.1, 0.15) is 4.90 Å². The molecule has 104 valence electrons. The summed E-state index contributed by atoms with van der Waals surface area (Å²) in [6.45, 7) is 0.193. The van der Waals surface area contributed by atoms with Gasteiger partial charge in [-0.15, -0.1) is 11.3 Å². The molecule has 0 unspecified atom stereocenters. The Bertz CT molecular complexity index is 778. The maximum atomic E-state index is 12.2. The minimum atomic E-state index is -3.70. The molecule has 0 saturated carbocycles. The zero-order valence-electron chi connectivity index (χ0n) is 10.1. The number of hydrogen-bond acceptors (Lipinski definition) is 5. The molecule has 1 aromatic heterocycles. The third-order valence-electron chi connectivity index (χ3n) is 2.49. The van der Waals surface area contributed by atoms with E-state index in [4.69, 9.17) is 11.0 Å². The van der Waals surface area contributed by atoms with E-state index in [9.17, 15) is 8.42 Å². The lowest BCUT2D eigenvalue weighted by Crippen LogP contribution is -2.23. The van der Waals surface area contributed by atoms with Crippen LogP contribution in [0.15, 0.2) is 39.0 Å². The fourth-order valence-electron chi connectivity index (χ4n) is 1.55. The van der Waals surface area contributed by atoms with Crippen molar-refractivity contribution in [2.45, 2.75) is 11.4 Å². The normalized spacial score (nSPS) is 11.2. The van der Waals surface area contributed by atoms with Crippen molar-refractivity contribution in [2.75, 3.05) is 5.73 Å². The van der Waals surface area contributed by atoms with Crippen LogP contribution in [0, 0.1) is 11.3 Å². The standard InChI is InChI=1S/C12H10BrN3O2S2/c13-9-4-10(19-7-9)6-16-20(17,18)12-2-1-8(5-14)3-11(12)15/h1-4,7,16H,6,15H2. The number of thiophene rings is 1. The highest BCUT2D eigenvalue weighted by molar-refractivity contribution is 9.10. The molecule has 2 rings (SSSR count). The average Bonchev–Trinajstić information content (AvgIpc) is 2.82. The zero-order chi connectivity index (χ0) is 14.8. The van der Waals surface area contributed by atoms with E-state index in [1.54, 1.807) is 0 Å². The van der Waals surface area contributed by atoms with Crippen LogP contribution in [0.3, 0.4) is 0 Å². The quantitative estimate of drug-likeness (QED) is 0.806. The van der Waals surface area contributed by atoms with Crippen LogP contribution in [-0.2, 0) is 16.6 Å². The van der Waals surface area contributed by atoms with Gasteiger partial charge in [0.25, 0.3) is 0 Å². The Hall–Kier alpha value is -1.40. The minimum Gasteiger partial charge on any atom is -0.398 e. The number of nitrogens with zero attached hydrogens (tertiary/aromatic N) is 1. The van der Waals surface area contributed by atoms with Gasteiger partial charge in [0.2, 0.25) is 10.0 Å². The minimum absolute atomic E-state index is 0.0212. The van der Waals surface area contributed by atoms with Gasteiger partial charge < -0.3 is 5.73 Å². The molecule has 2 aromatic rings. The van der Waals surface area contributed by atoms with Crippen LogP contribution in [0.25, 0.3) is 0 Å². The Kier molecular flexibility index (Phi) is 4.45. The number of sulfonamides is 1. The van der Waals surface area contributed by atoms with Crippen LogP contribution in [0.5, 0.6) is 0 Å². The lowest BCUT2D eigenvalue weighted by molar-refractivity contribution is 0.582. The first kappa shape index (κ1) is 15.0. The van der Waals surface area contributed by atoms with E-state index < -0.39 is 10.0 Å². The molecule has 1 aromatic carbocycles. The molecule has 0 aliphatic heterocycles. The molecule has 0 amide bonds. The van der Waals surface area contributed by atoms with Gasteiger partial charge in [-0.05, 0) is 40.2 Å².